The van der Waals surface area contributed by atoms with Crippen LogP contribution in [0.2, 0.25) is 0 Å². The van der Waals surface area contributed by atoms with Crippen molar-refractivity contribution in [3.63, 3.8) is 0 Å². The van der Waals surface area contributed by atoms with Crippen molar-refractivity contribution in [1.29, 1.82) is 0 Å². The molecular weight excluding hydrogens is 300 g/mol. The summed E-state index contributed by atoms with van der Waals surface area (Å²) in [6.07, 6.45) is 2.35. The molecule has 0 spiro atoms. The third kappa shape index (κ3) is 6.49. The Kier molecular flexibility index (Phi) is 13.4. The SMILES string of the molecule is O=C(O)Cn1cnc[c-]c1=O.[CH3-].[V].[Y]. The maximum atomic E-state index is 10.8. The van der Waals surface area contributed by atoms with Gasteiger partial charge in [0, 0.05) is 51.3 Å². The van der Waals surface area contributed by atoms with Crippen molar-refractivity contribution >= 4 is 5.97 Å². The van der Waals surface area contributed by atoms with Crippen molar-refractivity contribution < 1.29 is 61.2 Å². The fraction of sp³-hybridized carbons (Fsp3) is 0.143. The molecule has 0 saturated heterocycles. The third-order valence-electron chi connectivity index (χ3n) is 1.04. The smallest absolute Gasteiger partial charge is 0.323 e. The average molecular weight is 308 g/mol. The number of aromatic nitrogens is 2. The monoisotopic (exact) mass is 308 g/mol. The number of carbonyl (C=O) groups is 1. The zero-order valence-corrected chi connectivity index (χ0v) is 11.8. The second-order valence-electron chi connectivity index (χ2n) is 1.86. The first-order valence-corrected chi connectivity index (χ1v) is 2.84. The summed E-state index contributed by atoms with van der Waals surface area (Å²) in [5.74, 6) is -1.08. The molecule has 2 radical (unpaired) electrons. The molecule has 0 aliphatic rings. The molecule has 5 nitrogen and oxygen atoms in total. The van der Waals surface area contributed by atoms with E-state index in [4.69, 9.17) is 5.11 Å². The minimum Gasteiger partial charge on any atom is -0.480 e. The summed E-state index contributed by atoms with van der Waals surface area (Å²) in [6, 6.07) is 2.24. The van der Waals surface area contributed by atoms with E-state index in [0.29, 0.717) is 0 Å². The summed E-state index contributed by atoms with van der Waals surface area (Å²) in [7, 11) is 0. The van der Waals surface area contributed by atoms with Crippen LogP contribution in [0.3, 0.4) is 0 Å². The fourth-order valence-electron chi connectivity index (χ4n) is 0.600. The molecule has 74 valence electrons. The topological polar surface area (TPSA) is 72.2 Å². The maximum Gasteiger partial charge on any atom is 0.323 e. The van der Waals surface area contributed by atoms with Crippen LogP contribution < -0.4 is 5.56 Å². The second kappa shape index (κ2) is 9.59. The molecule has 7 heteroatoms. The standard InChI is InChI=1S/C6H5N2O3.CH3.V.Y/c9-5-1-2-7-4-8(5)3-6(10)11;;;/h2,4H,3H2,(H,10,11);1H3;;/q2*-1;;. The van der Waals surface area contributed by atoms with E-state index in [1.807, 2.05) is 0 Å². The minimum absolute atomic E-state index is 0. The number of hydrogen-bond acceptors (Lipinski definition) is 3. The van der Waals surface area contributed by atoms with Gasteiger partial charge in [0.1, 0.15) is 6.54 Å². The van der Waals surface area contributed by atoms with Gasteiger partial charge in [-0.3, -0.25) is 9.78 Å². The summed E-state index contributed by atoms with van der Waals surface area (Å²) in [4.78, 5) is 24.4. The van der Waals surface area contributed by atoms with Gasteiger partial charge >= 0.3 is 5.97 Å². The largest absolute Gasteiger partial charge is 0.480 e. The predicted octanol–water partition coefficient (Wildman–Crippen LogP) is -0.427. The predicted molar refractivity (Wildman–Crippen MR) is 41.4 cm³/mol. The normalized spacial score (nSPS) is 7.43. The number of nitrogens with zero attached hydrogens (tertiary/aromatic N) is 2. The molecule has 0 fully saturated rings. The molecule has 0 aliphatic carbocycles. The van der Waals surface area contributed by atoms with E-state index in [2.05, 4.69) is 11.1 Å². The molecule has 1 aromatic rings. The Balaban J connectivity index is -0.000000403. The van der Waals surface area contributed by atoms with Gasteiger partial charge in [0.25, 0.3) is 0 Å². The van der Waals surface area contributed by atoms with Crippen LogP contribution in [0.25, 0.3) is 0 Å². The van der Waals surface area contributed by atoms with Gasteiger partial charge in [-0.2, -0.15) is 0 Å². The van der Waals surface area contributed by atoms with Crippen LogP contribution in [0.5, 0.6) is 0 Å². The Morgan fingerprint density at radius 1 is 1.64 bits per heavy atom. The van der Waals surface area contributed by atoms with Crippen molar-refractivity contribution in [1.82, 2.24) is 9.55 Å². The fourth-order valence-corrected chi connectivity index (χ4v) is 0.600. The molecule has 1 N–H and O–H groups in total. The Bertz CT molecular complexity index is 329. The van der Waals surface area contributed by atoms with E-state index in [0.717, 1.165) is 10.9 Å². The first-order valence-electron chi connectivity index (χ1n) is 2.84. The molecule has 14 heavy (non-hydrogen) atoms. The van der Waals surface area contributed by atoms with Crippen molar-refractivity contribution in [3.05, 3.63) is 36.4 Å². The summed E-state index contributed by atoms with van der Waals surface area (Å²) in [5, 5.41) is 8.29. The zero-order valence-electron chi connectivity index (χ0n) is 7.54. The number of rotatable bonds is 2. The van der Waals surface area contributed by atoms with Gasteiger partial charge in [0.15, 0.2) is 0 Å². The minimum atomic E-state index is -1.08. The molecule has 0 aliphatic heterocycles. The van der Waals surface area contributed by atoms with Gasteiger partial charge < -0.3 is 28.0 Å². The quantitative estimate of drug-likeness (QED) is 0.753. The molecule has 1 aromatic heterocycles. The average Bonchev–Trinajstić information content (AvgIpc) is 1.93. The maximum absolute atomic E-state index is 10.8. The Morgan fingerprint density at radius 3 is 2.64 bits per heavy atom. The molecular formula is C7H8N2O3VY-2. The van der Waals surface area contributed by atoms with Crippen LogP contribution in [0, 0.1) is 13.5 Å². The Morgan fingerprint density at radius 2 is 2.21 bits per heavy atom. The van der Waals surface area contributed by atoms with Gasteiger partial charge in [0.2, 0.25) is 0 Å². The van der Waals surface area contributed by atoms with E-state index in [1.54, 1.807) is 0 Å². The molecule has 1 heterocycles. The van der Waals surface area contributed by atoms with Gasteiger partial charge in [-0.1, -0.05) is 0 Å². The van der Waals surface area contributed by atoms with E-state index >= 15 is 0 Å². The van der Waals surface area contributed by atoms with Crippen molar-refractivity contribution in [2.24, 2.45) is 0 Å². The first-order chi connectivity index (χ1) is 5.20. The molecule has 0 unspecified atom stereocenters. The Hall–Kier alpha value is 0.0383. The molecule has 0 saturated carbocycles. The van der Waals surface area contributed by atoms with E-state index in [-0.39, 0.29) is 65.2 Å². The summed E-state index contributed by atoms with van der Waals surface area (Å²) >= 11 is 0. The zero-order chi connectivity index (χ0) is 8.27. The van der Waals surface area contributed by atoms with Crippen LogP contribution in [0.4, 0.5) is 0 Å². The van der Waals surface area contributed by atoms with Gasteiger partial charge in [0.05, 0.1) is 11.9 Å². The van der Waals surface area contributed by atoms with E-state index < -0.39 is 11.5 Å². The van der Waals surface area contributed by atoms with Crippen molar-refractivity contribution in [2.75, 3.05) is 0 Å². The van der Waals surface area contributed by atoms with Crippen LogP contribution in [0.15, 0.2) is 17.3 Å². The molecule has 1 rings (SSSR count). The number of aliphatic carboxylic acids is 1. The van der Waals surface area contributed by atoms with Gasteiger partial charge in [-0.25, -0.2) is 0 Å². The van der Waals surface area contributed by atoms with Gasteiger partial charge in [-0.05, 0) is 0 Å². The number of hydrogen-bond donors (Lipinski definition) is 1. The second-order valence-corrected chi connectivity index (χ2v) is 1.86. The molecule has 0 atom stereocenters. The molecule has 0 aromatic carbocycles. The Labute approximate surface area is 119 Å². The summed E-state index contributed by atoms with van der Waals surface area (Å²) in [5.41, 5.74) is -0.484. The van der Waals surface area contributed by atoms with Crippen molar-refractivity contribution in [2.45, 2.75) is 6.54 Å². The van der Waals surface area contributed by atoms with Crippen LogP contribution >= 0.6 is 0 Å². The summed E-state index contributed by atoms with van der Waals surface area (Å²) < 4.78 is 0.961. The van der Waals surface area contributed by atoms with Crippen LogP contribution in [0.1, 0.15) is 0 Å². The van der Waals surface area contributed by atoms with E-state index in [1.165, 1.54) is 6.20 Å². The summed E-state index contributed by atoms with van der Waals surface area (Å²) in [6.45, 7) is -0.372. The van der Waals surface area contributed by atoms with Crippen molar-refractivity contribution in [3.8, 4) is 0 Å². The van der Waals surface area contributed by atoms with Gasteiger partial charge in [-0.15, -0.1) is 6.20 Å². The van der Waals surface area contributed by atoms with Crippen LogP contribution in [-0.4, -0.2) is 20.6 Å². The molecule has 0 bridgehead atoms. The first kappa shape index (κ1) is 19.6. The van der Waals surface area contributed by atoms with Crippen LogP contribution in [-0.2, 0) is 62.6 Å². The molecule has 0 amide bonds. The number of carboxylic acids is 1. The van der Waals surface area contributed by atoms with E-state index in [9.17, 15) is 9.59 Å². The number of carboxylic acid groups (broad SMARTS) is 1. The third-order valence-corrected chi connectivity index (χ3v) is 1.04.